The first-order valence-electron chi connectivity index (χ1n) is 12.9. The van der Waals surface area contributed by atoms with E-state index in [1.54, 1.807) is 32.0 Å². The van der Waals surface area contributed by atoms with Crippen LogP contribution >= 0.6 is 0 Å². The van der Waals surface area contributed by atoms with Gasteiger partial charge in [-0.3, -0.25) is 14.9 Å². The van der Waals surface area contributed by atoms with Crippen molar-refractivity contribution in [2.45, 2.75) is 58.5 Å². The smallest absolute Gasteiger partial charge is 0.272 e. The van der Waals surface area contributed by atoms with Crippen LogP contribution in [0.5, 0.6) is 11.6 Å². The minimum absolute atomic E-state index is 0.0523. The lowest BCUT2D eigenvalue weighted by molar-refractivity contribution is -0.385. The standard InChI is InChI=1S/C28H31N5O7S/c1-6-18(3)31-41(37,38)25-15-21(33(35)36)12-13-24(25)40-28-20(5)26(27(34)29-16-22-10-8-14-39-22)30-32(28)23-11-7-9-17(2)19(23)4/h7-15,18,31H,6,16H2,1-5H3,(H,29,34). The Morgan fingerprint density at radius 3 is 2.56 bits per heavy atom. The first kappa shape index (κ1) is 29.5. The number of nitrogens with zero attached hydrogens (tertiary/aromatic N) is 3. The summed E-state index contributed by atoms with van der Waals surface area (Å²) in [7, 11) is -4.23. The number of aryl methyl sites for hydroxylation is 1. The zero-order chi connectivity index (χ0) is 29.9. The SMILES string of the molecule is CCC(C)NS(=O)(=O)c1cc([N+](=O)[O-])ccc1Oc1c(C)c(C(=O)NCc2ccco2)nn1-c1cccc(C)c1C. The van der Waals surface area contributed by atoms with E-state index < -0.39 is 37.5 Å². The zero-order valence-corrected chi connectivity index (χ0v) is 24.1. The summed E-state index contributed by atoms with van der Waals surface area (Å²) >= 11 is 0. The molecule has 0 bridgehead atoms. The fraction of sp³-hybridized carbons (Fsp3) is 0.286. The van der Waals surface area contributed by atoms with E-state index >= 15 is 0 Å². The minimum Gasteiger partial charge on any atom is -0.467 e. The molecule has 2 N–H and O–H groups in total. The van der Waals surface area contributed by atoms with Gasteiger partial charge in [0.15, 0.2) is 5.69 Å². The maximum absolute atomic E-state index is 13.3. The van der Waals surface area contributed by atoms with Gasteiger partial charge in [0.1, 0.15) is 16.4 Å². The van der Waals surface area contributed by atoms with Gasteiger partial charge in [0.05, 0.1) is 23.4 Å². The third-order valence-corrected chi connectivity index (χ3v) is 8.30. The van der Waals surface area contributed by atoms with Gasteiger partial charge >= 0.3 is 0 Å². The Morgan fingerprint density at radius 2 is 1.90 bits per heavy atom. The van der Waals surface area contributed by atoms with E-state index in [1.165, 1.54) is 17.0 Å². The van der Waals surface area contributed by atoms with Gasteiger partial charge < -0.3 is 14.5 Å². The monoisotopic (exact) mass is 581 g/mol. The number of non-ortho nitro benzene ring substituents is 1. The Hall–Kier alpha value is -4.49. The molecule has 2 aromatic heterocycles. The number of rotatable bonds is 11. The van der Waals surface area contributed by atoms with Crippen LogP contribution in [-0.4, -0.2) is 35.1 Å². The van der Waals surface area contributed by atoms with E-state index in [4.69, 9.17) is 9.15 Å². The van der Waals surface area contributed by atoms with Crippen LogP contribution in [0.2, 0.25) is 0 Å². The van der Waals surface area contributed by atoms with E-state index in [2.05, 4.69) is 15.1 Å². The molecule has 0 aliphatic rings. The molecule has 4 aromatic rings. The second kappa shape index (κ2) is 11.9. The molecule has 2 aromatic carbocycles. The predicted molar refractivity (Wildman–Crippen MR) is 151 cm³/mol. The summed E-state index contributed by atoms with van der Waals surface area (Å²) < 4.78 is 42.1. The van der Waals surface area contributed by atoms with Crippen molar-refractivity contribution in [3.63, 3.8) is 0 Å². The van der Waals surface area contributed by atoms with Gasteiger partial charge in [0, 0.05) is 23.7 Å². The van der Waals surface area contributed by atoms with Gasteiger partial charge in [-0.05, 0) is 69.5 Å². The second-order valence-electron chi connectivity index (χ2n) is 9.59. The molecule has 13 heteroatoms. The summed E-state index contributed by atoms with van der Waals surface area (Å²) in [5, 5.41) is 18.8. The number of benzene rings is 2. The highest BCUT2D eigenvalue weighted by atomic mass is 32.2. The fourth-order valence-corrected chi connectivity index (χ4v) is 5.50. The summed E-state index contributed by atoms with van der Waals surface area (Å²) in [6, 6.07) is 11.9. The molecule has 0 aliphatic heterocycles. The first-order valence-corrected chi connectivity index (χ1v) is 14.4. The quantitative estimate of drug-likeness (QED) is 0.183. The Balaban J connectivity index is 1.85. The number of nitrogens with one attached hydrogen (secondary N) is 2. The lowest BCUT2D eigenvalue weighted by Crippen LogP contribution is -2.32. The van der Waals surface area contributed by atoms with Crippen molar-refractivity contribution in [2.24, 2.45) is 0 Å². The van der Waals surface area contributed by atoms with Gasteiger partial charge in [-0.25, -0.2) is 13.1 Å². The van der Waals surface area contributed by atoms with Crippen molar-refractivity contribution in [1.82, 2.24) is 19.8 Å². The minimum atomic E-state index is -4.23. The van der Waals surface area contributed by atoms with Crippen molar-refractivity contribution in [3.05, 3.63) is 93.1 Å². The molecule has 1 amide bonds. The molecule has 4 rings (SSSR count). The molecular formula is C28H31N5O7S. The van der Waals surface area contributed by atoms with Crippen molar-refractivity contribution in [2.75, 3.05) is 0 Å². The molecule has 0 aliphatic carbocycles. The van der Waals surface area contributed by atoms with Crippen LogP contribution < -0.4 is 14.8 Å². The third kappa shape index (κ3) is 6.31. The van der Waals surface area contributed by atoms with Crippen molar-refractivity contribution < 1.29 is 27.3 Å². The van der Waals surface area contributed by atoms with E-state index in [9.17, 15) is 23.3 Å². The molecule has 1 unspecified atom stereocenters. The first-order chi connectivity index (χ1) is 19.4. The van der Waals surface area contributed by atoms with E-state index in [-0.39, 0.29) is 23.9 Å². The molecule has 0 spiro atoms. The number of nitro groups is 1. The maximum Gasteiger partial charge on any atom is 0.272 e. The van der Waals surface area contributed by atoms with Crippen molar-refractivity contribution in [3.8, 4) is 17.3 Å². The Labute approximate surface area is 237 Å². The highest BCUT2D eigenvalue weighted by Crippen LogP contribution is 2.36. The average Bonchev–Trinajstić information content (AvgIpc) is 3.57. The molecule has 0 saturated carbocycles. The number of nitro benzene ring substituents is 1. The Morgan fingerprint density at radius 1 is 1.15 bits per heavy atom. The number of hydrogen-bond acceptors (Lipinski definition) is 8. The average molecular weight is 582 g/mol. The van der Waals surface area contributed by atoms with Crippen molar-refractivity contribution >= 4 is 21.6 Å². The molecule has 0 radical (unpaired) electrons. The Kier molecular flexibility index (Phi) is 8.59. The maximum atomic E-state index is 13.3. The number of carbonyl (C=O) groups excluding carboxylic acids is 1. The molecule has 0 fully saturated rings. The highest BCUT2D eigenvalue weighted by Gasteiger charge is 2.29. The van der Waals surface area contributed by atoms with Crippen LogP contribution in [0.3, 0.4) is 0 Å². The fourth-order valence-electron chi connectivity index (χ4n) is 4.03. The normalized spacial score (nSPS) is 12.2. The van der Waals surface area contributed by atoms with Crippen LogP contribution in [0, 0.1) is 30.9 Å². The lowest BCUT2D eigenvalue weighted by atomic mass is 10.1. The van der Waals surface area contributed by atoms with E-state index in [0.29, 0.717) is 23.4 Å². The van der Waals surface area contributed by atoms with Gasteiger partial charge in [-0.1, -0.05) is 19.1 Å². The molecule has 2 heterocycles. The zero-order valence-electron chi connectivity index (χ0n) is 23.3. The highest BCUT2D eigenvalue weighted by molar-refractivity contribution is 7.89. The molecule has 41 heavy (non-hydrogen) atoms. The van der Waals surface area contributed by atoms with Gasteiger partial charge in [-0.15, -0.1) is 0 Å². The molecular weight excluding hydrogens is 550 g/mol. The molecule has 0 saturated heterocycles. The molecule has 1 atom stereocenters. The number of furan rings is 1. The van der Waals surface area contributed by atoms with E-state index in [0.717, 1.165) is 23.3 Å². The number of aromatic nitrogens is 2. The largest absolute Gasteiger partial charge is 0.467 e. The van der Waals surface area contributed by atoms with Crippen LogP contribution in [0.4, 0.5) is 5.69 Å². The van der Waals surface area contributed by atoms with E-state index in [1.807, 2.05) is 32.9 Å². The molecule has 12 nitrogen and oxygen atoms in total. The summed E-state index contributed by atoms with van der Waals surface area (Å²) in [5.41, 5.74) is 2.40. The Bertz CT molecular complexity index is 1690. The van der Waals surface area contributed by atoms with Gasteiger partial charge in [0.2, 0.25) is 15.9 Å². The van der Waals surface area contributed by atoms with Crippen LogP contribution in [0.1, 0.15) is 53.2 Å². The van der Waals surface area contributed by atoms with Gasteiger partial charge in [0.25, 0.3) is 11.6 Å². The number of hydrogen-bond donors (Lipinski definition) is 2. The number of amides is 1. The van der Waals surface area contributed by atoms with Crippen LogP contribution in [-0.2, 0) is 16.6 Å². The van der Waals surface area contributed by atoms with Crippen molar-refractivity contribution in [1.29, 1.82) is 0 Å². The summed E-state index contributed by atoms with van der Waals surface area (Å²) in [4.78, 5) is 23.6. The molecule has 216 valence electrons. The number of sulfonamides is 1. The van der Waals surface area contributed by atoms with Crippen LogP contribution in [0.15, 0.2) is 64.1 Å². The van der Waals surface area contributed by atoms with Crippen LogP contribution in [0.25, 0.3) is 5.69 Å². The summed E-state index contributed by atoms with van der Waals surface area (Å²) in [6.45, 7) is 9.06. The predicted octanol–water partition coefficient (Wildman–Crippen LogP) is 5.10. The van der Waals surface area contributed by atoms with Gasteiger partial charge in [-0.2, -0.15) is 9.78 Å². The summed E-state index contributed by atoms with van der Waals surface area (Å²) in [5.74, 6) is -0.0297. The number of ether oxygens (including phenoxy) is 1. The lowest BCUT2D eigenvalue weighted by Gasteiger charge is -2.17. The second-order valence-corrected chi connectivity index (χ2v) is 11.3. The third-order valence-electron chi connectivity index (χ3n) is 6.69. The topological polar surface area (TPSA) is 159 Å². The summed E-state index contributed by atoms with van der Waals surface area (Å²) in [6.07, 6.45) is 2.00. The number of carbonyl (C=O) groups is 1.